The zero-order valence-electron chi connectivity index (χ0n) is 14.9. The maximum absolute atomic E-state index is 12.4. The van der Waals surface area contributed by atoms with E-state index < -0.39 is 26.9 Å². The molecule has 0 saturated heterocycles. The third kappa shape index (κ3) is 2.82. The molecule has 0 aromatic rings. The van der Waals surface area contributed by atoms with Crippen molar-refractivity contribution >= 4 is 45.5 Å². The minimum absolute atomic E-state index is 0. The molecule has 26 heavy (non-hydrogen) atoms. The second-order valence-electron chi connectivity index (χ2n) is 9.14. The van der Waals surface area contributed by atoms with Crippen LogP contribution in [0.1, 0.15) is 58.8 Å². The van der Waals surface area contributed by atoms with Gasteiger partial charge < -0.3 is 5.11 Å². The molecule has 7 heteroatoms. The number of carbonyl (C=O) groups excluding carboxylic acids is 1. The Morgan fingerprint density at radius 3 is 2.54 bits per heavy atom. The van der Waals surface area contributed by atoms with Gasteiger partial charge in [0.25, 0.3) is 10.1 Å². The number of hydrogen-bond donors (Lipinski definition) is 2. The molecule has 3 saturated carbocycles. The first-order valence-electron chi connectivity index (χ1n) is 9.45. The van der Waals surface area contributed by atoms with Crippen LogP contribution >= 0.6 is 0 Å². The van der Waals surface area contributed by atoms with Crippen molar-refractivity contribution in [2.75, 3.05) is 0 Å². The third-order valence-corrected chi connectivity index (χ3v) is 9.62. The Balaban J connectivity index is 0.00000196. The standard InChI is InChI=1S/C19H28O5S.Na.H/c1-18-8-7-15-13(14(18)5-6-16(18)21)4-3-11-9-12(20)10-17(19(11,15)2)25(22,23)24;;/h3,12-15,17,20H,4-10H2,1-2H3,(H,22,23,24);;/t12?,13-,14-,15+,17?,18-,19-;;/m0../s1. The zero-order chi connectivity index (χ0) is 18.2. The van der Waals surface area contributed by atoms with E-state index in [1.54, 1.807) is 0 Å². The molecule has 3 fully saturated rings. The summed E-state index contributed by atoms with van der Waals surface area (Å²) >= 11 is 0. The summed E-state index contributed by atoms with van der Waals surface area (Å²) in [5, 5.41) is 9.20. The van der Waals surface area contributed by atoms with Crippen LogP contribution in [0, 0.1) is 28.6 Å². The molecule has 0 amide bonds. The molecule has 2 N–H and O–H groups in total. The number of aliphatic hydroxyl groups excluding tert-OH is 1. The Labute approximate surface area is 178 Å². The van der Waals surface area contributed by atoms with Gasteiger partial charge in [0, 0.05) is 17.3 Å². The summed E-state index contributed by atoms with van der Waals surface area (Å²) in [7, 11) is -4.25. The fraction of sp³-hybridized carbons (Fsp3) is 0.842. The molecule has 2 unspecified atom stereocenters. The van der Waals surface area contributed by atoms with Gasteiger partial charge >= 0.3 is 29.6 Å². The summed E-state index contributed by atoms with van der Waals surface area (Å²) in [4.78, 5) is 12.4. The Hall–Kier alpha value is 0.280. The molecule has 0 spiro atoms. The van der Waals surface area contributed by atoms with E-state index in [-0.39, 0.29) is 47.3 Å². The number of ketones is 1. The van der Waals surface area contributed by atoms with E-state index in [2.05, 4.69) is 13.0 Å². The second-order valence-corrected chi connectivity index (χ2v) is 10.7. The average Bonchev–Trinajstić information content (AvgIpc) is 2.82. The third-order valence-electron chi connectivity index (χ3n) is 8.21. The van der Waals surface area contributed by atoms with E-state index in [0.717, 1.165) is 31.3 Å². The monoisotopic (exact) mass is 392 g/mol. The topological polar surface area (TPSA) is 91.7 Å². The fourth-order valence-corrected chi connectivity index (χ4v) is 8.29. The van der Waals surface area contributed by atoms with E-state index in [1.165, 1.54) is 0 Å². The molecule has 142 valence electrons. The Bertz CT molecular complexity index is 747. The van der Waals surface area contributed by atoms with Gasteiger partial charge in [-0.3, -0.25) is 9.35 Å². The Morgan fingerprint density at radius 1 is 1.19 bits per heavy atom. The van der Waals surface area contributed by atoms with Gasteiger partial charge in [-0.25, -0.2) is 0 Å². The van der Waals surface area contributed by atoms with Crippen LogP contribution in [0.15, 0.2) is 11.6 Å². The first kappa shape index (κ1) is 21.0. The van der Waals surface area contributed by atoms with Crippen molar-refractivity contribution < 1.29 is 22.9 Å². The molecule has 0 bridgehead atoms. The molecule has 7 atom stereocenters. The minimum atomic E-state index is -4.25. The molecule has 5 nitrogen and oxygen atoms in total. The molecule has 0 heterocycles. The number of rotatable bonds is 1. The van der Waals surface area contributed by atoms with Gasteiger partial charge in [-0.2, -0.15) is 8.42 Å². The van der Waals surface area contributed by atoms with Crippen LogP contribution in [0.3, 0.4) is 0 Å². The van der Waals surface area contributed by atoms with Gasteiger partial charge in [0.1, 0.15) is 5.78 Å². The van der Waals surface area contributed by atoms with Crippen molar-refractivity contribution in [2.45, 2.75) is 70.1 Å². The van der Waals surface area contributed by atoms with Crippen LogP contribution < -0.4 is 0 Å². The van der Waals surface area contributed by atoms with Crippen molar-refractivity contribution in [1.82, 2.24) is 0 Å². The van der Waals surface area contributed by atoms with Gasteiger partial charge in [-0.15, -0.1) is 0 Å². The second kappa shape index (κ2) is 6.67. The summed E-state index contributed by atoms with van der Waals surface area (Å²) < 4.78 is 34.3. The van der Waals surface area contributed by atoms with Crippen molar-refractivity contribution in [3.05, 3.63) is 11.6 Å². The van der Waals surface area contributed by atoms with Crippen LogP contribution in [0.25, 0.3) is 0 Å². The van der Waals surface area contributed by atoms with E-state index in [0.29, 0.717) is 30.5 Å². The number of carbonyl (C=O) groups is 1. The molecular weight excluding hydrogens is 363 g/mol. The van der Waals surface area contributed by atoms with Crippen molar-refractivity contribution in [3.8, 4) is 0 Å². The Kier molecular flexibility index (Phi) is 5.38. The summed E-state index contributed by atoms with van der Waals surface area (Å²) in [6.45, 7) is 4.06. The maximum atomic E-state index is 12.4. The van der Waals surface area contributed by atoms with Crippen LogP contribution in [-0.2, 0) is 14.9 Å². The summed E-state index contributed by atoms with van der Waals surface area (Å²) in [6, 6.07) is 0. The van der Waals surface area contributed by atoms with E-state index in [9.17, 15) is 22.9 Å². The van der Waals surface area contributed by atoms with Gasteiger partial charge in [-0.1, -0.05) is 25.5 Å². The zero-order valence-corrected chi connectivity index (χ0v) is 15.8. The van der Waals surface area contributed by atoms with Gasteiger partial charge in [0.05, 0.1) is 11.4 Å². The summed E-state index contributed by atoms with van der Waals surface area (Å²) in [6.07, 6.45) is 5.99. The number of allylic oxidation sites excluding steroid dienone is 1. The van der Waals surface area contributed by atoms with Crippen LogP contribution in [0.5, 0.6) is 0 Å². The molecule has 0 aromatic carbocycles. The quantitative estimate of drug-likeness (QED) is 0.405. The summed E-state index contributed by atoms with van der Waals surface area (Å²) in [5.41, 5.74) is 0.0934. The number of hydrogen-bond acceptors (Lipinski definition) is 4. The van der Waals surface area contributed by atoms with E-state index >= 15 is 0 Å². The normalized spacial score (nSPS) is 47.9. The van der Waals surface area contributed by atoms with Crippen molar-refractivity contribution in [3.63, 3.8) is 0 Å². The van der Waals surface area contributed by atoms with Crippen molar-refractivity contribution in [1.29, 1.82) is 0 Å². The van der Waals surface area contributed by atoms with Gasteiger partial charge in [0.2, 0.25) is 0 Å². The van der Waals surface area contributed by atoms with Gasteiger partial charge in [0.15, 0.2) is 0 Å². The average molecular weight is 392 g/mol. The van der Waals surface area contributed by atoms with E-state index in [1.807, 2.05) is 6.92 Å². The molecule has 0 radical (unpaired) electrons. The first-order valence-corrected chi connectivity index (χ1v) is 11.0. The van der Waals surface area contributed by atoms with Gasteiger partial charge in [-0.05, 0) is 56.3 Å². The molecular formula is C19H29NaO5S. The number of fused-ring (bicyclic) bond motifs is 5. The molecule has 0 aromatic heterocycles. The van der Waals surface area contributed by atoms with Crippen LogP contribution in [-0.4, -0.2) is 64.8 Å². The fourth-order valence-electron chi connectivity index (χ4n) is 6.88. The predicted molar refractivity (Wildman–Crippen MR) is 101 cm³/mol. The molecule has 4 aliphatic carbocycles. The predicted octanol–water partition coefficient (Wildman–Crippen LogP) is 2.10. The SMILES string of the molecule is C[C@]12CC[C@@H]3[C@@H](CC=C4CC(O)CC(S(=O)(=O)O)[C@@]43C)[C@@H]1CCC2=O.[NaH]. The van der Waals surface area contributed by atoms with Crippen LogP contribution in [0.2, 0.25) is 0 Å². The molecule has 4 aliphatic rings. The van der Waals surface area contributed by atoms with Crippen molar-refractivity contribution in [2.24, 2.45) is 28.6 Å². The summed E-state index contributed by atoms with van der Waals surface area (Å²) in [5.74, 6) is 1.11. The van der Waals surface area contributed by atoms with Crippen LogP contribution in [0.4, 0.5) is 0 Å². The van der Waals surface area contributed by atoms with E-state index in [4.69, 9.17) is 0 Å². The number of Topliss-reactive ketones (excluding diaryl/α,β-unsaturated/α-hetero) is 1. The Morgan fingerprint density at radius 2 is 1.88 bits per heavy atom. The molecule has 4 rings (SSSR count). The first-order chi connectivity index (χ1) is 11.6. The number of aliphatic hydroxyl groups is 1. The molecule has 0 aliphatic heterocycles.